The number of carbonyl (C=O) groups excluding carboxylic acids is 2. The van der Waals surface area contributed by atoms with Crippen LogP contribution < -0.4 is 5.73 Å². The maximum absolute atomic E-state index is 11.3. The molecular formula is C11H17NO2. The number of allylic oxidation sites excluding steroid dienone is 2. The summed E-state index contributed by atoms with van der Waals surface area (Å²) in [6.45, 7) is 5.91. The number of primary amides is 1. The number of ketones is 1. The van der Waals surface area contributed by atoms with Crippen LogP contribution >= 0.6 is 0 Å². The SMILES string of the molecule is CC1=CC(=O)CC(C)(C)C1CC(N)=O. The predicted molar refractivity (Wildman–Crippen MR) is 54.5 cm³/mol. The lowest BCUT2D eigenvalue weighted by molar-refractivity contribution is -0.122. The molecule has 14 heavy (non-hydrogen) atoms. The van der Waals surface area contributed by atoms with E-state index >= 15 is 0 Å². The smallest absolute Gasteiger partial charge is 0.218 e. The lowest BCUT2D eigenvalue weighted by Gasteiger charge is -2.37. The van der Waals surface area contributed by atoms with E-state index in [9.17, 15) is 9.59 Å². The third-order valence-corrected chi connectivity index (χ3v) is 2.92. The summed E-state index contributed by atoms with van der Waals surface area (Å²) in [5.74, 6) is -0.0453. The molecule has 1 unspecified atom stereocenters. The van der Waals surface area contributed by atoms with Crippen molar-refractivity contribution in [3.63, 3.8) is 0 Å². The van der Waals surface area contributed by atoms with E-state index in [1.165, 1.54) is 0 Å². The van der Waals surface area contributed by atoms with Gasteiger partial charge in [0, 0.05) is 12.8 Å². The van der Waals surface area contributed by atoms with Crippen molar-refractivity contribution >= 4 is 11.7 Å². The molecule has 0 saturated heterocycles. The van der Waals surface area contributed by atoms with Crippen molar-refractivity contribution in [2.45, 2.75) is 33.6 Å². The van der Waals surface area contributed by atoms with Crippen molar-refractivity contribution in [3.8, 4) is 0 Å². The molecule has 0 aromatic heterocycles. The van der Waals surface area contributed by atoms with Crippen LogP contribution in [0.25, 0.3) is 0 Å². The fourth-order valence-electron chi connectivity index (χ4n) is 2.23. The second kappa shape index (κ2) is 3.56. The summed E-state index contributed by atoms with van der Waals surface area (Å²) in [4.78, 5) is 22.2. The summed E-state index contributed by atoms with van der Waals surface area (Å²) in [7, 11) is 0. The molecule has 1 rings (SSSR count). The topological polar surface area (TPSA) is 60.2 Å². The summed E-state index contributed by atoms with van der Waals surface area (Å²) in [5, 5.41) is 0. The number of rotatable bonds is 2. The van der Waals surface area contributed by atoms with Gasteiger partial charge in [-0.3, -0.25) is 9.59 Å². The summed E-state index contributed by atoms with van der Waals surface area (Å²) < 4.78 is 0. The minimum atomic E-state index is -0.301. The number of hydrogen-bond donors (Lipinski definition) is 1. The fraction of sp³-hybridized carbons (Fsp3) is 0.636. The van der Waals surface area contributed by atoms with E-state index in [0.29, 0.717) is 12.8 Å². The molecule has 1 aliphatic rings. The lowest BCUT2D eigenvalue weighted by Crippen LogP contribution is -2.34. The Morgan fingerprint density at radius 3 is 2.64 bits per heavy atom. The third-order valence-electron chi connectivity index (χ3n) is 2.92. The third kappa shape index (κ3) is 2.22. The van der Waals surface area contributed by atoms with Gasteiger partial charge in [0.25, 0.3) is 0 Å². The van der Waals surface area contributed by atoms with Crippen molar-refractivity contribution in [1.82, 2.24) is 0 Å². The average Bonchev–Trinajstić information content (AvgIpc) is 1.95. The van der Waals surface area contributed by atoms with Crippen molar-refractivity contribution in [3.05, 3.63) is 11.6 Å². The molecular weight excluding hydrogens is 178 g/mol. The first-order valence-electron chi connectivity index (χ1n) is 4.82. The molecule has 0 spiro atoms. The van der Waals surface area contributed by atoms with Gasteiger partial charge in [0.05, 0.1) is 0 Å². The molecule has 3 nitrogen and oxygen atoms in total. The molecule has 0 heterocycles. The zero-order chi connectivity index (χ0) is 10.9. The number of amides is 1. The standard InChI is InChI=1S/C11H17NO2/c1-7-4-8(13)6-11(2,3)9(7)5-10(12)14/h4,9H,5-6H2,1-3H3,(H2,12,14). The van der Waals surface area contributed by atoms with Gasteiger partial charge in [-0.15, -0.1) is 0 Å². The number of nitrogens with two attached hydrogens (primary N) is 1. The Balaban J connectivity index is 2.94. The highest BCUT2D eigenvalue weighted by atomic mass is 16.1. The van der Waals surface area contributed by atoms with E-state index in [0.717, 1.165) is 5.57 Å². The zero-order valence-electron chi connectivity index (χ0n) is 8.96. The van der Waals surface area contributed by atoms with E-state index in [1.807, 2.05) is 20.8 Å². The largest absolute Gasteiger partial charge is 0.370 e. The van der Waals surface area contributed by atoms with Gasteiger partial charge in [-0.25, -0.2) is 0 Å². The van der Waals surface area contributed by atoms with E-state index in [-0.39, 0.29) is 23.0 Å². The quantitative estimate of drug-likeness (QED) is 0.724. The van der Waals surface area contributed by atoms with Crippen molar-refractivity contribution < 1.29 is 9.59 Å². The Morgan fingerprint density at radius 2 is 2.21 bits per heavy atom. The Morgan fingerprint density at radius 1 is 1.64 bits per heavy atom. The maximum Gasteiger partial charge on any atom is 0.218 e. The molecule has 0 aromatic carbocycles. The molecule has 0 fully saturated rings. The highest BCUT2D eigenvalue weighted by Crippen LogP contribution is 2.41. The van der Waals surface area contributed by atoms with Crippen LogP contribution in [0.15, 0.2) is 11.6 Å². The first-order chi connectivity index (χ1) is 6.33. The normalized spacial score (nSPS) is 25.8. The van der Waals surface area contributed by atoms with Crippen molar-refractivity contribution in [2.75, 3.05) is 0 Å². The van der Waals surface area contributed by atoms with E-state index in [2.05, 4.69) is 0 Å². The van der Waals surface area contributed by atoms with Crippen molar-refractivity contribution in [1.29, 1.82) is 0 Å². The lowest BCUT2D eigenvalue weighted by atomic mass is 9.67. The van der Waals surface area contributed by atoms with Gasteiger partial charge in [0.1, 0.15) is 0 Å². The van der Waals surface area contributed by atoms with Gasteiger partial charge in [0.2, 0.25) is 5.91 Å². The molecule has 0 saturated carbocycles. The fourth-order valence-corrected chi connectivity index (χ4v) is 2.23. The Kier molecular flexibility index (Phi) is 2.79. The van der Waals surface area contributed by atoms with E-state index in [1.54, 1.807) is 6.08 Å². The Bertz CT molecular complexity index is 302. The minimum Gasteiger partial charge on any atom is -0.370 e. The van der Waals surface area contributed by atoms with Gasteiger partial charge in [-0.05, 0) is 24.3 Å². The van der Waals surface area contributed by atoms with Crippen LogP contribution in [0.1, 0.15) is 33.6 Å². The summed E-state index contributed by atoms with van der Waals surface area (Å²) in [6.07, 6.45) is 2.48. The number of hydrogen-bond acceptors (Lipinski definition) is 2. The van der Waals surface area contributed by atoms with Gasteiger partial charge < -0.3 is 5.73 Å². The molecule has 0 aliphatic heterocycles. The molecule has 2 N–H and O–H groups in total. The molecule has 1 atom stereocenters. The minimum absolute atomic E-state index is 0.109. The maximum atomic E-state index is 11.3. The molecule has 78 valence electrons. The van der Waals surface area contributed by atoms with E-state index in [4.69, 9.17) is 5.73 Å². The van der Waals surface area contributed by atoms with E-state index < -0.39 is 0 Å². The molecule has 3 heteroatoms. The van der Waals surface area contributed by atoms with Gasteiger partial charge in [0.15, 0.2) is 5.78 Å². The molecule has 0 radical (unpaired) electrons. The van der Waals surface area contributed by atoms with Crippen LogP contribution in [0.4, 0.5) is 0 Å². The van der Waals surface area contributed by atoms with Crippen LogP contribution in [-0.2, 0) is 9.59 Å². The van der Waals surface area contributed by atoms with Crippen LogP contribution in [-0.4, -0.2) is 11.7 Å². The second-order valence-corrected chi connectivity index (χ2v) is 4.74. The van der Waals surface area contributed by atoms with Crippen LogP contribution in [0.3, 0.4) is 0 Å². The van der Waals surface area contributed by atoms with Gasteiger partial charge >= 0.3 is 0 Å². The van der Waals surface area contributed by atoms with Crippen LogP contribution in [0.5, 0.6) is 0 Å². The second-order valence-electron chi connectivity index (χ2n) is 4.74. The van der Waals surface area contributed by atoms with Crippen LogP contribution in [0.2, 0.25) is 0 Å². The monoisotopic (exact) mass is 195 g/mol. The molecule has 0 aromatic rings. The summed E-state index contributed by atoms with van der Waals surface area (Å²) in [6, 6.07) is 0. The Hall–Kier alpha value is -1.12. The number of carbonyl (C=O) groups is 2. The van der Waals surface area contributed by atoms with Gasteiger partial charge in [-0.2, -0.15) is 0 Å². The summed E-state index contributed by atoms with van der Waals surface area (Å²) >= 11 is 0. The van der Waals surface area contributed by atoms with Crippen LogP contribution in [0, 0.1) is 11.3 Å². The Labute approximate surface area is 84.4 Å². The first-order valence-corrected chi connectivity index (χ1v) is 4.82. The molecule has 1 amide bonds. The highest BCUT2D eigenvalue weighted by molar-refractivity contribution is 5.92. The first kappa shape index (κ1) is 11.0. The summed E-state index contributed by atoms with van der Waals surface area (Å²) in [5.41, 5.74) is 6.02. The average molecular weight is 195 g/mol. The van der Waals surface area contributed by atoms with Gasteiger partial charge in [-0.1, -0.05) is 19.4 Å². The predicted octanol–water partition coefficient (Wildman–Crippen LogP) is 1.42. The van der Waals surface area contributed by atoms with Crippen molar-refractivity contribution in [2.24, 2.45) is 17.1 Å². The molecule has 1 aliphatic carbocycles. The molecule has 0 bridgehead atoms. The highest BCUT2D eigenvalue weighted by Gasteiger charge is 2.36. The zero-order valence-corrected chi connectivity index (χ0v) is 8.96.